The molecule has 0 spiro atoms. The van der Waals surface area contributed by atoms with Crippen molar-refractivity contribution in [1.82, 2.24) is 5.32 Å². The smallest absolute Gasteiger partial charge is 0.251 e. The van der Waals surface area contributed by atoms with Crippen LogP contribution in [0.15, 0.2) is 66.7 Å². The number of ether oxygens (including phenoxy) is 1. The van der Waals surface area contributed by atoms with Crippen LogP contribution in [-0.4, -0.2) is 30.5 Å². The summed E-state index contributed by atoms with van der Waals surface area (Å²) in [6.07, 6.45) is 0.631. The van der Waals surface area contributed by atoms with Gasteiger partial charge in [-0.2, -0.15) is 0 Å². The highest BCUT2D eigenvalue weighted by Crippen LogP contribution is 2.33. The largest absolute Gasteiger partial charge is 0.489 e. The topological polar surface area (TPSA) is 58.6 Å². The highest BCUT2D eigenvalue weighted by atomic mass is 35.5. The molecular weight excluding hydrogens is 436 g/mol. The van der Waals surface area contributed by atoms with Gasteiger partial charge in [0.15, 0.2) is 0 Å². The number of nitrogens with zero attached hydrogens (tertiary/aromatic N) is 1. The number of benzene rings is 3. The van der Waals surface area contributed by atoms with Crippen LogP contribution in [0.25, 0.3) is 11.1 Å². The van der Waals surface area contributed by atoms with E-state index >= 15 is 0 Å². The van der Waals surface area contributed by atoms with E-state index in [-0.39, 0.29) is 24.0 Å². The van der Waals surface area contributed by atoms with Crippen LogP contribution in [-0.2, 0) is 11.2 Å². The molecule has 2 amide bonds. The second-order valence-corrected chi connectivity index (χ2v) is 8.93. The lowest BCUT2D eigenvalue weighted by molar-refractivity contribution is -0.116. The fraction of sp³-hybridized carbons (Fsp3) is 0.259. The quantitative estimate of drug-likeness (QED) is 0.544. The first-order valence-electron chi connectivity index (χ1n) is 11.1. The molecular formula is C27H27ClN2O3. The van der Waals surface area contributed by atoms with Gasteiger partial charge in [0.1, 0.15) is 5.75 Å². The van der Waals surface area contributed by atoms with Crippen LogP contribution in [0.2, 0.25) is 5.02 Å². The van der Waals surface area contributed by atoms with E-state index in [4.69, 9.17) is 16.3 Å². The molecule has 0 radical (unpaired) electrons. The Morgan fingerprint density at radius 2 is 1.79 bits per heavy atom. The number of carbonyl (C=O) groups excluding carboxylic acids is 2. The molecule has 1 heterocycles. The monoisotopic (exact) mass is 462 g/mol. The minimum atomic E-state index is -0.231. The van der Waals surface area contributed by atoms with Gasteiger partial charge in [-0.15, -0.1) is 0 Å². The summed E-state index contributed by atoms with van der Waals surface area (Å²) < 4.78 is 5.64. The van der Waals surface area contributed by atoms with E-state index in [1.807, 2.05) is 50.2 Å². The second kappa shape index (κ2) is 9.67. The van der Waals surface area contributed by atoms with Crippen LogP contribution in [0.5, 0.6) is 5.75 Å². The number of halogens is 1. The number of nitrogens with one attached hydrogen (secondary N) is 1. The van der Waals surface area contributed by atoms with Gasteiger partial charge in [0.25, 0.3) is 5.91 Å². The maximum absolute atomic E-state index is 12.9. The molecule has 5 nitrogen and oxygen atoms in total. The van der Waals surface area contributed by atoms with Gasteiger partial charge < -0.3 is 15.0 Å². The second-order valence-electron chi connectivity index (χ2n) is 8.53. The van der Waals surface area contributed by atoms with Gasteiger partial charge in [0, 0.05) is 24.7 Å². The van der Waals surface area contributed by atoms with Crippen molar-refractivity contribution in [2.75, 3.05) is 11.4 Å². The van der Waals surface area contributed by atoms with Gasteiger partial charge in [-0.1, -0.05) is 54.1 Å². The Morgan fingerprint density at radius 1 is 1.03 bits per heavy atom. The Morgan fingerprint density at radius 3 is 2.45 bits per heavy atom. The van der Waals surface area contributed by atoms with Crippen LogP contribution < -0.4 is 15.0 Å². The minimum absolute atomic E-state index is 0.00976. The van der Waals surface area contributed by atoms with Crippen molar-refractivity contribution in [3.05, 3.63) is 82.9 Å². The summed E-state index contributed by atoms with van der Waals surface area (Å²) in [5.41, 5.74) is 4.53. The third-order valence-corrected chi connectivity index (χ3v) is 5.92. The zero-order valence-electron chi connectivity index (χ0n) is 19.0. The van der Waals surface area contributed by atoms with Crippen LogP contribution in [0.4, 0.5) is 5.69 Å². The normalized spacial score (nSPS) is 15.2. The molecule has 0 unspecified atom stereocenters. The highest BCUT2D eigenvalue weighted by molar-refractivity contribution is 6.32. The Balaban J connectivity index is 1.54. The fourth-order valence-corrected chi connectivity index (χ4v) is 4.33. The number of rotatable bonds is 5. The summed E-state index contributed by atoms with van der Waals surface area (Å²) >= 11 is 6.30. The zero-order chi connectivity index (χ0) is 23.5. The molecule has 3 aromatic carbocycles. The van der Waals surface area contributed by atoms with Crippen LogP contribution in [0.1, 0.15) is 36.7 Å². The van der Waals surface area contributed by atoms with Gasteiger partial charge in [-0.25, -0.2) is 0 Å². The number of carbonyl (C=O) groups is 2. The number of anilines is 1. The van der Waals surface area contributed by atoms with E-state index in [0.29, 0.717) is 29.3 Å². The van der Waals surface area contributed by atoms with E-state index in [1.54, 1.807) is 30.0 Å². The SMILES string of the molecule is CC(=O)N1C[C@@H](NC(=O)c2ccc(OC(C)C)c(Cl)c2)Cc2ccc(-c3ccccc3)cc21. The summed E-state index contributed by atoms with van der Waals surface area (Å²) in [5.74, 6) is 0.260. The minimum Gasteiger partial charge on any atom is -0.489 e. The average molecular weight is 463 g/mol. The van der Waals surface area contributed by atoms with Crippen LogP contribution in [0, 0.1) is 0 Å². The van der Waals surface area contributed by atoms with Gasteiger partial charge in [-0.3, -0.25) is 9.59 Å². The molecule has 0 saturated heterocycles. The Kier molecular flexibility index (Phi) is 6.70. The first kappa shape index (κ1) is 22.9. The maximum Gasteiger partial charge on any atom is 0.251 e. The number of amides is 2. The number of hydrogen-bond donors (Lipinski definition) is 1. The first-order chi connectivity index (χ1) is 15.8. The number of fused-ring (bicyclic) bond motifs is 1. The lowest BCUT2D eigenvalue weighted by atomic mass is 9.94. The fourth-order valence-electron chi connectivity index (χ4n) is 4.10. The molecule has 0 aliphatic carbocycles. The van der Waals surface area contributed by atoms with E-state index in [2.05, 4.69) is 17.4 Å². The van der Waals surface area contributed by atoms with Gasteiger partial charge in [0.2, 0.25) is 5.91 Å². The molecule has 0 aromatic heterocycles. The zero-order valence-corrected chi connectivity index (χ0v) is 19.7. The van der Waals surface area contributed by atoms with Crippen molar-refractivity contribution in [2.45, 2.75) is 39.3 Å². The molecule has 33 heavy (non-hydrogen) atoms. The highest BCUT2D eigenvalue weighted by Gasteiger charge is 2.28. The van der Waals surface area contributed by atoms with E-state index in [0.717, 1.165) is 22.4 Å². The Bertz CT molecular complexity index is 1180. The van der Waals surface area contributed by atoms with Crippen molar-refractivity contribution < 1.29 is 14.3 Å². The van der Waals surface area contributed by atoms with E-state index < -0.39 is 0 Å². The molecule has 6 heteroatoms. The van der Waals surface area contributed by atoms with Crippen molar-refractivity contribution in [3.63, 3.8) is 0 Å². The van der Waals surface area contributed by atoms with Crippen molar-refractivity contribution >= 4 is 29.1 Å². The molecule has 0 bridgehead atoms. The summed E-state index contributed by atoms with van der Waals surface area (Å²) in [5, 5.41) is 3.46. The van der Waals surface area contributed by atoms with Crippen molar-refractivity contribution in [3.8, 4) is 16.9 Å². The molecule has 1 aliphatic heterocycles. The molecule has 3 aromatic rings. The van der Waals surface area contributed by atoms with Gasteiger partial charge >= 0.3 is 0 Å². The van der Waals surface area contributed by atoms with Gasteiger partial charge in [0.05, 0.1) is 17.2 Å². The van der Waals surface area contributed by atoms with Crippen LogP contribution >= 0.6 is 11.6 Å². The summed E-state index contributed by atoms with van der Waals surface area (Å²) in [4.78, 5) is 27.1. The first-order valence-corrected chi connectivity index (χ1v) is 11.4. The van der Waals surface area contributed by atoms with E-state index in [1.165, 1.54) is 0 Å². The average Bonchev–Trinajstić information content (AvgIpc) is 2.79. The number of hydrogen-bond acceptors (Lipinski definition) is 3. The van der Waals surface area contributed by atoms with Crippen molar-refractivity contribution in [1.29, 1.82) is 0 Å². The summed E-state index contributed by atoms with van der Waals surface area (Å²) in [6.45, 7) is 5.80. The molecule has 1 atom stereocenters. The summed E-state index contributed by atoms with van der Waals surface area (Å²) in [7, 11) is 0. The predicted molar refractivity (Wildman–Crippen MR) is 132 cm³/mol. The molecule has 1 aliphatic rings. The molecule has 0 fully saturated rings. The molecule has 1 N–H and O–H groups in total. The Hall–Kier alpha value is -3.31. The predicted octanol–water partition coefficient (Wildman–Crippen LogP) is 5.50. The third-order valence-electron chi connectivity index (χ3n) is 5.62. The maximum atomic E-state index is 12.9. The Labute approximate surface area is 199 Å². The lowest BCUT2D eigenvalue weighted by Gasteiger charge is -2.35. The molecule has 170 valence electrons. The van der Waals surface area contributed by atoms with Crippen LogP contribution in [0.3, 0.4) is 0 Å². The lowest BCUT2D eigenvalue weighted by Crippen LogP contribution is -2.49. The standard InChI is InChI=1S/C27H27ClN2O3/c1-17(2)33-26-12-11-22(14-24(26)28)27(32)29-23-13-21-10-9-20(19-7-5-4-6-8-19)15-25(21)30(16-23)18(3)31/h4-12,14-15,17,23H,13,16H2,1-3H3,(H,29,32)/t23-/m0/s1. The van der Waals surface area contributed by atoms with E-state index in [9.17, 15) is 9.59 Å². The van der Waals surface area contributed by atoms with Gasteiger partial charge in [-0.05, 0) is 61.2 Å². The third kappa shape index (κ3) is 5.20. The molecule has 4 rings (SSSR count). The summed E-state index contributed by atoms with van der Waals surface area (Å²) in [6, 6.07) is 21.0. The molecule has 0 saturated carbocycles. The van der Waals surface area contributed by atoms with Crippen molar-refractivity contribution in [2.24, 2.45) is 0 Å².